The minimum absolute atomic E-state index is 0.00801. The zero-order valence-electron chi connectivity index (χ0n) is 8.62. The number of likely N-dealkylation sites (tertiary alicyclic amines) is 1. The van der Waals surface area contributed by atoms with Crippen molar-refractivity contribution in [3.05, 3.63) is 0 Å². The molecular formula is C10H16INO2. The first kappa shape index (κ1) is 11.9. The lowest BCUT2D eigenvalue weighted by atomic mass is 10.0. The molecule has 14 heavy (non-hydrogen) atoms. The summed E-state index contributed by atoms with van der Waals surface area (Å²) >= 11 is 1.80. The molecule has 0 aromatic heterocycles. The van der Waals surface area contributed by atoms with Crippen LogP contribution >= 0.6 is 22.6 Å². The van der Waals surface area contributed by atoms with Crippen molar-refractivity contribution in [2.45, 2.75) is 39.2 Å². The number of carbonyl (C=O) groups is 2. The Balaban J connectivity index is 2.72. The van der Waals surface area contributed by atoms with Gasteiger partial charge in [-0.25, -0.2) is 0 Å². The van der Waals surface area contributed by atoms with E-state index in [1.54, 1.807) is 27.5 Å². The molecule has 0 aromatic carbocycles. The van der Waals surface area contributed by atoms with Crippen molar-refractivity contribution in [3.8, 4) is 0 Å². The first-order chi connectivity index (χ1) is 6.54. The number of hydrogen-bond donors (Lipinski definition) is 0. The van der Waals surface area contributed by atoms with E-state index < -0.39 is 0 Å². The summed E-state index contributed by atoms with van der Waals surface area (Å²) < 4.78 is 0.0938. The van der Waals surface area contributed by atoms with Gasteiger partial charge in [-0.2, -0.15) is 0 Å². The molecule has 1 unspecified atom stereocenters. The molecular weight excluding hydrogens is 293 g/mol. The monoisotopic (exact) mass is 309 g/mol. The minimum Gasteiger partial charge on any atom is -0.332 e. The molecule has 4 heteroatoms. The van der Waals surface area contributed by atoms with Crippen LogP contribution in [0.15, 0.2) is 0 Å². The lowest BCUT2D eigenvalue weighted by molar-refractivity contribution is -0.141. The molecule has 0 aromatic rings. The van der Waals surface area contributed by atoms with Crippen molar-refractivity contribution < 1.29 is 9.59 Å². The van der Waals surface area contributed by atoms with Crippen LogP contribution in [0.2, 0.25) is 0 Å². The number of hydrogen-bond acceptors (Lipinski definition) is 2. The molecule has 1 heterocycles. The molecule has 1 amide bonds. The van der Waals surface area contributed by atoms with Gasteiger partial charge in [-0.1, -0.05) is 13.8 Å². The summed E-state index contributed by atoms with van der Waals surface area (Å²) in [5.41, 5.74) is 0. The van der Waals surface area contributed by atoms with Crippen LogP contribution in [0.1, 0.15) is 33.1 Å². The molecule has 0 N–H and O–H groups in total. The molecule has 80 valence electrons. The highest BCUT2D eigenvalue weighted by Crippen LogP contribution is 2.21. The molecule has 1 rings (SSSR count). The molecule has 0 saturated carbocycles. The number of nitrogens with zero attached hydrogens (tertiary/aromatic N) is 1. The second-order valence-corrected chi connectivity index (χ2v) is 5.07. The van der Waals surface area contributed by atoms with E-state index >= 15 is 0 Å². The van der Waals surface area contributed by atoms with Gasteiger partial charge in [-0.3, -0.25) is 9.59 Å². The summed E-state index contributed by atoms with van der Waals surface area (Å²) in [7, 11) is 0. The van der Waals surface area contributed by atoms with Crippen molar-refractivity contribution in [1.29, 1.82) is 0 Å². The fourth-order valence-corrected chi connectivity index (χ4v) is 2.41. The average molecular weight is 309 g/mol. The maximum Gasteiger partial charge on any atom is 0.225 e. The van der Waals surface area contributed by atoms with E-state index in [1.807, 2.05) is 13.8 Å². The highest BCUT2D eigenvalue weighted by atomic mass is 127. The van der Waals surface area contributed by atoms with Gasteiger partial charge >= 0.3 is 0 Å². The first-order valence-electron chi connectivity index (χ1n) is 5.04. The van der Waals surface area contributed by atoms with E-state index in [0.29, 0.717) is 0 Å². The van der Waals surface area contributed by atoms with Crippen molar-refractivity contribution >= 4 is 32.3 Å². The van der Waals surface area contributed by atoms with Crippen molar-refractivity contribution in [2.24, 2.45) is 5.92 Å². The van der Waals surface area contributed by atoms with Crippen LogP contribution in [0, 0.1) is 5.92 Å². The molecule has 1 aliphatic rings. The van der Waals surface area contributed by atoms with Gasteiger partial charge in [0.05, 0.1) is 0 Å². The zero-order valence-corrected chi connectivity index (χ0v) is 10.8. The van der Waals surface area contributed by atoms with Gasteiger partial charge in [0.15, 0.2) is 0 Å². The molecule has 0 aliphatic carbocycles. The third-order valence-electron chi connectivity index (χ3n) is 2.54. The van der Waals surface area contributed by atoms with Crippen LogP contribution in [-0.2, 0) is 9.59 Å². The Bertz CT molecular complexity index is 240. The van der Waals surface area contributed by atoms with Crippen molar-refractivity contribution in [2.75, 3.05) is 6.54 Å². The number of halogens is 1. The Kier molecular flexibility index (Phi) is 4.34. The Morgan fingerprint density at radius 2 is 2.00 bits per heavy atom. The predicted molar refractivity (Wildman–Crippen MR) is 63.2 cm³/mol. The van der Waals surface area contributed by atoms with Gasteiger partial charge in [0.25, 0.3) is 0 Å². The molecule has 3 nitrogen and oxygen atoms in total. The summed E-state index contributed by atoms with van der Waals surface area (Å²) in [4.78, 5) is 24.9. The Labute approximate surface area is 98.4 Å². The highest BCUT2D eigenvalue weighted by Gasteiger charge is 2.31. The van der Waals surface area contributed by atoms with Crippen LogP contribution in [0.4, 0.5) is 0 Å². The lowest BCUT2D eigenvalue weighted by Gasteiger charge is -2.34. The summed E-state index contributed by atoms with van der Waals surface area (Å²) in [6.07, 6.45) is 2.92. The van der Waals surface area contributed by atoms with Crippen molar-refractivity contribution in [3.63, 3.8) is 0 Å². The normalized spacial score (nSPS) is 22.6. The summed E-state index contributed by atoms with van der Waals surface area (Å²) in [5.74, 6) is 0.103. The van der Waals surface area contributed by atoms with Crippen LogP contribution in [0.3, 0.4) is 0 Å². The standard InChI is InChI=1S/C10H16INO2/c1-7(2)10(14)12-6-4-3-5-8(12)9(11)13/h7-8H,3-6H2,1-2H3. The van der Waals surface area contributed by atoms with Gasteiger partial charge in [0.1, 0.15) is 6.04 Å². The number of rotatable bonds is 2. The summed E-state index contributed by atoms with van der Waals surface area (Å²) in [5, 5.41) is 0. The van der Waals surface area contributed by atoms with Crippen LogP contribution in [-0.4, -0.2) is 27.2 Å². The van der Waals surface area contributed by atoms with Crippen molar-refractivity contribution in [1.82, 2.24) is 4.90 Å². The molecule has 0 spiro atoms. The molecule has 1 atom stereocenters. The zero-order chi connectivity index (χ0) is 10.7. The van der Waals surface area contributed by atoms with Gasteiger partial charge in [-0.15, -0.1) is 0 Å². The minimum atomic E-state index is -0.167. The summed E-state index contributed by atoms with van der Waals surface area (Å²) in [6.45, 7) is 4.51. The van der Waals surface area contributed by atoms with E-state index in [2.05, 4.69) is 0 Å². The highest BCUT2D eigenvalue weighted by molar-refractivity contribution is 14.1. The van der Waals surface area contributed by atoms with Gasteiger partial charge in [-0.05, 0) is 19.3 Å². The van der Waals surface area contributed by atoms with Gasteiger partial charge < -0.3 is 4.90 Å². The van der Waals surface area contributed by atoms with Crippen LogP contribution < -0.4 is 0 Å². The van der Waals surface area contributed by atoms with Gasteiger partial charge in [0, 0.05) is 35.1 Å². The number of carbonyl (C=O) groups excluding carboxylic acids is 2. The van der Waals surface area contributed by atoms with E-state index in [4.69, 9.17) is 0 Å². The fourth-order valence-electron chi connectivity index (χ4n) is 1.76. The largest absolute Gasteiger partial charge is 0.332 e. The van der Waals surface area contributed by atoms with E-state index in [0.717, 1.165) is 25.8 Å². The van der Waals surface area contributed by atoms with Crippen LogP contribution in [0.25, 0.3) is 0 Å². The Morgan fingerprint density at radius 3 is 2.50 bits per heavy atom. The predicted octanol–water partition coefficient (Wildman–Crippen LogP) is 1.99. The number of amides is 1. The average Bonchev–Trinajstić information content (AvgIpc) is 2.16. The van der Waals surface area contributed by atoms with Crippen LogP contribution in [0.5, 0.6) is 0 Å². The van der Waals surface area contributed by atoms with E-state index in [1.165, 1.54) is 0 Å². The molecule has 1 fully saturated rings. The van der Waals surface area contributed by atoms with Gasteiger partial charge in [0.2, 0.25) is 9.70 Å². The second-order valence-electron chi connectivity index (χ2n) is 4.00. The van der Waals surface area contributed by atoms with E-state index in [9.17, 15) is 9.59 Å². The third kappa shape index (κ3) is 2.68. The smallest absolute Gasteiger partial charge is 0.225 e. The molecule has 1 aliphatic heterocycles. The Morgan fingerprint density at radius 1 is 1.36 bits per heavy atom. The molecule has 0 radical (unpaired) electrons. The lowest BCUT2D eigenvalue weighted by Crippen LogP contribution is -2.48. The molecule has 1 saturated heterocycles. The SMILES string of the molecule is CC(C)C(=O)N1CCCCC1C(=O)I. The fraction of sp³-hybridized carbons (Fsp3) is 0.800. The topological polar surface area (TPSA) is 37.4 Å². The Hall–Kier alpha value is -0.130. The summed E-state index contributed by atoms with van der Waals surface area (Å²) in [6, 6.07) is -0.167. The third-order valence-corrected chi connectivity index (χ3v) is 3.26. The van der Waals surface area contributed by atoms with E-state index in [-0.39, 0.29) is 21.7 Å². The quantitative estimate of drug-likeness (QED) is 0.578. The second kappa shape index (κ2) is 5.09. The maximum atomic E-state index is 11.8. The first-order valence-corrected chi connectivity index (χ1v) is 6.11. The maximum absolute atomic E-state index is 11.8. The molecule has 0 bridgehead atoms. The number of piperidine rings is 1.